The van der Waals surface area contributed by atoms with Crippen LogP contribution in [0.3, 0.4) is 0 Å². The lowest BCUT2D eigenvalue weighted by molar-refractivity contribution is 0.697. The van der Waals surface area contributed by atoms with Gasteiger partial charge in [-0.25, -0.2) is 0 Å². The summed E-state index contributed by atoms with van der Waals surface area (Å²) in [5, 5.41) is 10.8. The minimum absolute atomic E-state index is 0. The number of unbranched alkanes of at least 4 members (excludes halogenated alkanes) is 2. The van der Waals surface area contributed by atoms with Gasteiger partial charge in [0.2, 0.25) is 0 Å². The number of rotatable bonds is 4. The highest BCUT2D eigenvalue weighted by Crippen LogP contribution is 1.94. The molecule has 0 amide bonds. The zero-order valence-electron chi connectivity index (χ0n) is 7.14. The molecule has 0 aromatic carbocycles. The maximum Gasteiger partial charge on any atom is 0.153 e. The molecule has 0 heterocycles. The SMILES string of the molecule is CCCCCNC(=N)SC.I. The Kier molecular flexibility index (Phi) is 13.5. The molecule has 68 valence electrons. The van der Waals surface area contributed by atoms with Crippen molar-refractivity contribution in [3.63, 3.8) is 0 Å². The van der Waals surface area contributed by atoms with E-state index in [-0.39, 0.29) is 24.0 Å². The van der Waals surface area contributed by atoms with E-state index in [0.717, 1.165) is 6.54 Å². The number of halogens is 1. The normalized spacial score (nSPS) is 8.55. The van der Waals surface area contributed by atoms with E-state index < -0.39 is 0 Å². The first-order valence-electron chi connectivity index (χ1n) is 3.67. The second-order valence-electron chi connectivity index (χ2n) is 2.17. The summed E-state index contributed by atoms with van der Waals surface area (Å²) in [6, 6.07) is 0. The summed E-state index contributed by atoms with van der Waals surface area (Å²) >= 11 is 1.46. The fraction of sp³-hybridized carbons (Fsp3) is 0.857. The van der Waals surface area contributed by atoms with Gasteiger partial charge in [0.05, 0.1) is 0 Å². The first kappa shape index (κ1) is 14.1. The first-order valence-corrected chi connectivity index (χ1v) is 4.90. The van der Waals surface area contributed by atoms with Crippen LogP contribution in [0.1, 0.15) is 26.2 Å². The van der Waals surface area contributed by atoms with Gasteiger partial charge in [-0.05, 0) is 12.7 Å². The Morgan fingerprint density at radius 2 is 2.09 bits per heavy atom. The van der Waals surface area contributed by atoms with Crippen LogP contribution in [0.5, 0.6) is 0 Å². The smallest absolute Gasteiger partial charge is 0.153 e. The van der Waals surface area contributed by atoms with Crippen LogP contribution in [-0.4, -0.2) is 18.0 Å². The number of nitrogens with one attached hydrogen (secondary N) is 2. The van der Waals surface area contributed by atoms with E-state index in [9.17, 15) is 0 Å². The summed E-state index contributed by atoms with van der Waals surface area (Å²) in [6.07, 6.45) is 5.59. The van der Waals surface area contributed by atoms with Gasteiger partial charge in [-0.15, -0.1) is 24.0 Å². The second kappa shape index (κ2) is 10.6. The van der Waals surface area contributed by atoms with Crippen molar-refractivity contribution in [3.05, 3.63) is 0 Å². The molecule has 0 saturated heterocycles. The van der Waals surface area contributed by atoms with Gasteiger partial charge >= 0.3 is 0 Å². The average Bonchev–Trinajstić information content (AvgIpc) is 1.98. The predicted octanol–water partition coefficient (Wildman–Crippen LogP) is 2.68. The largest absolute Gasteiger partial charge is 0.365 e. The molecule has 4 heteroatoms. The van der Waals surface area contributed by atoms with Gasteiger partial charge in [0.25, 0.3) is 0 Å². The van der Waals surface area contributed by atoms with Crippen molar-refractivity contribution in [1.82, 2.24) is 5.32 Å². The molecule has 0 spiro atoms. The molecule has 0 fully saturated rings. The van der Waals surface area contributed by atoms with Gasteiger partial charge in [0.15, 0.2) is 5.17 Å². The topological polar surface area (TPSA) is 35.9 Å². The quantitative estimate of drug-likeness (QED) is 0.361. The van der Waals surface area contributed by atoms with Gasteiger partial charge in [0, 0.05) is 6.54 Å². The van der Waals surface area contributed by atoms with E-state index in [1.54, 1.807) is 0 Å². The second-order valence-corrected chi connectivity index (χ2v) is 2.98. The van der Waals surface area contributed by atoms with Crippen LogP contribution in [-0.2, 0) is 0 Å². The third-order valence-corrected chi connectivity index (χ3v) is 1.82. The first-order chi connectivity index (χ1) is 4.81. The molecule has 0 aromatic heterocycles. The highest BCUT2D eigenvalue weighted by molar-refractivity contribution is 14.0. The average molecular weight is 288 g/mol. The third-order valence-electron chi connectivity index (χ3n) is 1.27. The Hall–Kier alpha value is 0.550. The molecular weight excluding hydrogens is 271 g/mol. The van der Waals surface area contributed by atoms with Crippen molar-refractivity contribution in [2.24, 2.45) is 0 Å². The van der Waals surface area contributed by atoms with Crippen molar-refractivity contribution in [1.29, 1.82) is 5.41 Å². The Morgan fingerprint density at radius 3 is 2.55 bits per heavy atom. The lowest BCUT2D eigenvalue weighted by atomic mass is 10.2. The van der Waals surface area contributed by atoms with E-state index in [4.69, 9.17) is 5.41 Å². The van der Waals surface area contributed by atoms with Crippen molar-refractivity contribution in [3.8, 4) is 0 Å². The summed E-state index contributed by atoms with van der Waals surface area (Å²) in [5.41, 5.74) is 0. The Morgan fingerprint density at radius 1 is 1.45 bits per heavy atom. The highest BCUT2D eigenvalue weighted by Gasteiger charge is 1.89. The molecule has 0 radical (unpaired) electrons. The Labute approximate surface area is 90.4 Å². The molecule has 0 unspecified atom stereocenters. The molecule has 0 rings (SSSR count). The van der Waals surface area contributed by atoms with Crippen molar-refractivity contribution in [2.75, 3.05) is 12.8 Å². The summed E-state index contributed by atoms with van der Waals surface area (Å²) in [7, 11) is 0. The van der Waals surface area contributed by atoms with E-state index in [1.165, 1.54) is 31.0 Å². The van der Waals surface area contributed by atoms with E-state index >= 15 is 0 Å². The molecule has 0 saturated carbocycles. The van der Waals surface area contributed by atoms with E-state index in [2.05, 4.69) is 12.2 Å². The monoisotopic (exact) mass is 288 g/mol. The molecule has 11 heavy (non-hydrogen) atoms. The molecule has 2 N–H and O–H groups in total. The minimum atomic E-state index is 0. The van der Waals surface area contributed by atoms with Gasteiger partial charge in [-0.1, -0.05) is 31.5 Å². The van der Waals surface area contributed by atoms with Gasteiger partial charge < -0.3 is 5.32 Å². The standard InChI is InChI=1S/C7H16N2S.HI/c1-3-4-5-6-9-7(8)10-2;/h3-6H2,1-2H3,(H2,8,9);1H. The Bertz CT molecular complexity index is 98.4. The zero-order valence-corrected chi connectivity index (χ0v) is 10.3. The lowest BCUT2D eigenvalue weighted by Gasteiger charge is -2.02. The van der Waals surface area contributed by atoms with E-state index in [0.29, 0.717) is 5.17 Å². The molecule has 0 bridgehead atoms. The van der Waals surface area contributed by atoms with Gasteiger partial charge in [-0.2, -0.15) is 0 Å². The fourth-order valence-corrected chi connectivity index (χ4v) is 0.895. The van der Waals surface area contributed by atoms with Crippen molar-refractivity contribution >= 4 is 40.9 Å². The predicted molar refractivity (Wildman–Crippen MR) is 64.2 cm³/mol. The van der Waals surface area contributed by atoms with Crippen LogP contribution in [0, 0.1) is 5.41 Å². The van der Waals surface area contributed by atoms with Crippen LogP contribution in [0.25, 0.3) is 0 Å². The Balaban J connectivity index is 0. The molecule has 2 nitrogen and oxygen atoms in total. The van der Waals surface area contributed by atoms with Crippen LogP contribution < -0.4 is 5.32 Å². The summed E-state index contributed by atoms with van der Waals surface area (Å²) in [5.74, 6) is 0. The minimum Gasteiger partial charge on any atom is -0.365 e. The number of hydrogen-bond acceptors (Lipinski definition) is 2. The lowest BCUT2D eigenvalue weighted by Crippen LogP contribution is -2.19. The fourth-order valence-electron chi connectivity index (χ4n) is 0.649. The number of thioether (sulfide) groups is 1. The maximum absolute atomic E-state index is 7.22. The summed E-state index contributed by atoms with van der Waals surface area (Å²) < 4.78 is 0. The van der Waals surface area contributed by atoms with Gasteiger partial charge in [0.1, 0.15) is 0 Å². The highest BCUT2D eigenvalue weighted by atomic mass is 127. The third kappa shape index (κ3) is 10.6. The van der Waals surface area contributed by atoms with Crippen LogP contribution in [0.15, 0.2) is 0 Å². The molecule has 0 aromatic rings. The van der Waals surface area contributed by atoms with Gasteiger partial charge in [-0.3, -0.25) is 5.41 Å². The zero-order chi connectivity index (χ0) is 7.82. The van der Waals surface area contributed by atoms with Crippen LogP contribution in [0.4, 0.5) is 0 Å². The number of amidine groups is 1. The van der Waals surface area contributed by atoms with Crippen molar-refractivity contribution < 1.29 is 0 Å². The van der Waals surface area contributed by atoms with Crippen molar-refractivity contribution in [2.45, 2.75) is 26.2 Å². The maximum atomic E-state index is 7.22. The van der Waals surface area contributed by atoms with Crippen LogP contribution in [0.2, 0.25) is 0 Å². The molecule has 0 aliphatic rings. The summed E-state index contributed by atoms with van der Waals surface area (Å²) in [4.78, 5) is 0. The van der Waals surface area contributed by atoms with E-state index in [1.807, 2.05) is 6.26 Å². The molecule has 0 aliphatic heterocycles. The summed E-state index contributed by atoms with van der Waals surface area (Å²) in [6.45, 7) is 3.13. The molecule has 0 atom stereocenters. The molecule has 0 aliphatic carbocycles. The van der Waals surface area contributed by atoms with Crippen LogP contribution >= 0.6 is 35.7 Å². The number of hydrogen-bond donors (Lipinski definition) is 2. The molecular formula is C7H17IN2S.